The lowest BCUT2D eigenvalue weighted by atomic mass is 10.1. The molecule has 10 heteroatoms. The largest absolute Gasteiger partial charge is 0.480 e. The van der Waals surface area contributed by atoms with Crippen molar-refractivity contribution in [2.24, 2.45) is 4.99 Å². The minimum Gasteiger partial charge on any atom is -0.480 e. The summed E-state index contributed by atoms with van der Waals surface area (Å²) in [6, 6.07) is 16.8. The highest BCUT2D eigenvalue weighted by Gasteiger charge is 2.24. The van der Waals surface area contributed by atoms with Crippen LogP contribution in [0.1, 0.15) is 54.3 Å². The van der Waals surface area contributed by atoms with Gasteiger partial charge in [-0.1, -0.05) is 60.7 Å². The average Bonchev–Trinajstić information content (AvgIpc) is 2.92. The van der Waals surface area contributed by atoms with Gasteiger partial charge < -0.3 is 25.4 Å². The highest BCUT2D eigenvalue weighted by atomic mass is 16.6. The molecule has 0 heterocycles. The van der Waals surface area contributed by atoms with Gasteiger partial charge >= 0.3 is 12.1 Å². The molecule has 0 aliphatic carbocycles. The van der Waals surface area contributed by atoms with Gasteiger partial charge in [-0.15, -0.1) is 0 Å². The van der Waals surface area contributed by atoms with E-state index in [0.29, 0.717) is 50.3 Å². The number of hydrogen-bond donors (Lipinski definition) is 3. The molecule has 1 atom stereocenters. The number of carboxylic acids is 1. The van der Waals surface area contributed by atoms with Gasteiger partial charge in [0, 0.05) is 30.8 Å². The summed E-state index contributed by atoms with van der Waals surface area (Å²) in [5.74, 6) is -1.32. The second-order valence-corrected chi connectivity index (χ2v) is 10.3. The van der Waals surface area contributed by atoms with Crippen molar-refractivity contribution >= 4 is 29.8 Å². The molecule has 0 aromatic heterocycles. The third-order valence-corrected chi connectivity index (χ3v) is 5.75. The van der Waals surface area contributed by atoms with Crippen molar-refractivity contribution < 1.29 is 29.0 Å². The number of Topliss-reactive ketones (excluding diaryl/α,β-unsaturated/α-hetero) is 2. The Hall–Kier alpha value is -3.89. The molecule has 40 heavy (non-hydrogen) atoms. The molecule has 10 nitrogen and oxygen atoms in total. The normalized spacial score (nSPS) is 12.3. The van der Waals surface area contributed by atoms with E-state index in [2.05, 4.69) is 20.5 Å². The summed E-state index contributed by atoms with van der Waals surface area (Å²) in [4.78, 5) is 54.7. The zero-order chi connectivity index (χ0) is 29.4. The third-order valence-electron chi connectivity index (χ3n) is 5.75. The highest BCUT2D eigenvalue weighted by molar-refractivity contribution is 6.35. The first-order chi connectivity index (χ1) is 19.0. The van der Waals surface area contributed by atoms with E-state index in [4.69, 9.17) is 4.74 Å². The maximum atomic E-state index is 12.3. The summed E-state index contributed by atoms with van der Waals surface area (Å²) in [5.41, 5.74) is 0.468. The number of benzene rings is 2. The van der Waals surface area contributed by atoms with Crippen LogP contribution in [0.2, 0.25) is 0 Å². The number of ether oxygens (including phenoxy) is 1. The first-order valence-corrected chi connectivity index (χ1v) is 13.4. The summed E-state index contributed by atoms with van der Waals surface area (Å²) in [7, 11) is 0. The summed E-state index contributed by atoms with van der Waals surface area (Å²) in [6.07, 6.45) is 1.24. The van der Waals surface area contributed by atoms with Crippen molar-refractivity contribution in [1.29, 1.82) is 0 Å². The molecule has 0 saturated carbocycles. The molecule has 0 saturated heterocycles. The van der Waals surface area contributed by atoms with Gasteiger partial charge in [-0.2, -0.15) is 0 Å². The topological polar surface area (TPSA) is 137 Å². The van der Waals surface area contributed by atoms with Gasteiger partial charge in [0.15, 0.2) is 5.78 Å². The van der Waals surface area contributed by atoms with Crippen LogP contribution in [-0.4, -0.2) is 90.8 Å². The minimum absolute atomic E-state index is 0.00584. The number of aliphatic imine (C=N–C) groups is 1. The second-order valence-electron chi connectivity index (χ2n) is 10.3. The highest BCUT2D eigenvalue weighted by Crippen LogP contribution is 2.08. The van der Waals surface area contributed by atoms with Crippen molar-refractivity contribution in [3.05, 3.63) is 71.8 Å². The Morgan fingerprint density at radius 1 is 0.950 bits per heavy atom. The minimum atomic E-state index is -1.14. The molecule has 0 spiro atoms. The Bertz CT molecular complexity index is 1120. The Morgan fingerprint density at radius 2 is 1.57 bits per heavy atom. The molecular formula is C30H40N4O6. The molecule has 2 aromatic rings. The Morgan fingerprint density at radius 3 is 2.17 bits per heavy atom. The predicted octanol–water partition coefficient (Wildman–Crippen LogP) is 3.47. The number of alkyl carbamates (subject to hydrolysis) is 1. The molecule has 2 rings (SSSR count). The fourth-order valence-corrected chi connectivity index (χ4v) is 3.75. The lowest BCUT2D eigenvalue weighted by Crippen LogP contribution is -2.44. The molecule has 0 fully saturated rings. The van der Waals surface area contributed by atoms with Crippen molar-refractivity contribution in [3.63, 3.8) is 0 Å². The monoisotopic (exact) mass is 552 g/mol. The lowest BCUT2D eigenvalue weighted by molar-refractivity contribution is -0.139. The molecule has 1 amide bonds. The number of nitrogens with one attached hydrogen (secondary N) is 2. The summed E-state index contributed by atoms with van der Waals surface area (Å²) < 4.78 is 5.18. The van der Waals surface area contributed by atoms with E-state index in [0.717, 1.165) is 0 Å². The smallest absolute Gasteiger partial charge is 0.408 e. The van der Waals surface area contributed by atoms with Gasteiger partial charge in [-0.05, 0) is 40.2 Å². The number of hydrogen-bond acceptors (Lipinski definition) is 8. The molecular weight excluding hydrogens is 512 g/mol. The van der Waals surface area contributed by atoms with Crippen LogP contribution >= 0.6 is 0 Å². The van der Waals surface area contributed by atoms with Gasteiger partial charge in [0.2, 0.25) is 5.78 Å². The second kappa shape index (κ2) is 16.9. The van der Waals surface area contributed by atoms with Gasteiger partial charge in [-0.25, -0.2) is 9.59 Å². The Labute approximate surface area is 235 Å². The molecule has 2 aromatic carbocycles. The number of nitrogens with zero attached hydrogens (tertiary/aromatic N) is 2. The van der Waals surface area contributed by atoms with E-state index in [9.17, 15) is 24.3 Å². The fraction of sp³-hybridized carbons (Fsp3) is 0.433. The van der Waals surface area contributed by atoms with Crippen molar-refractivity contribution in [3.8, 4) is 0 Å². The fourth-order valence-electron chi connectivity index (χ4n) is 3.75. The van der Waals surface area contributed by atoms with Crippen LogP contribution < -0.4 is 10.6 Å². The molecule has 0 bridgehead atoms. The van der Waals surface area contributed by atoms with E-state index in [1.54, 1.807) is 57.2 Å². The first-order valence-electron chi connectivity index (χ1n) is 13.4. The first kappa shape index (κ1) is 32.3. The quantitative estimate of drug-likeness (QED) is 0.154. The SMILES string of the molecule is CC(C)(C)OC(=O)NC(CCCN(CCN=CC(=O)c1ccccc1)CCNCC(=O)c1ccccc1)C(=O)O. The zero-order valence-electron chi connectivity index (χ0n) is 23.5. The Kier molecular flexibility index (Phi) is 13.7. The van der Waals surface area contributed by atoms with Crippen LogP contribution in [0.15, 0.2) is 65.7 Å². The van der Waals surface area contributed by atoms with Crippen LogP contribution in [0, 0.1) is 0 Å². The summed E-state index contributed by atoms with van der Waals surface area (Å²) in [5, 5.41) is 15.1. The van der Waals surface area contributed by atoms with E-state index >= 15 is 0 Å². The standard InChI is InChI=1S/C30H40N4O6/c1-30(2,3)40-29(39)33-25(28(37)38)15-10-18-34(19-16-31-21-26(35)23-11-6-4-7-12-23)20-17-32-22-27(36)24-13-8-5-9-14-24/h4-9,11-14,21,25,32H,10,15-20,22H2,1-3H3,(H,33,39)(H,37,38). The molecule has 0 aliphatic rings. The number of carbonyl (C=O) groups is 4. The van der Waals surface area contributed by atoms with E-state index < -0.39 is 23.7 Å². The van der Waals surface area contributed by atoms with Crippen molar-refractivity contribution in [2.45, 2.75) is 45.3 Å². The van der Waals surface area contributed by atoms with E-state index in [1.807, 2.05) is 24.3 Å². The predicted molar refractivity (Wildman–Crippen MR) is 154 cm³/mol. The van der Waals surface area contributed by atoms with Gasteiger partial charge in [0.05, 0.1) is 19.3 Å². The maximum Gasteiger partial charge on any atom is 0.408 e. The average molecular weight is 553 g/mol. The van der Waals surface area contributed by atoms with Crippen LogP contribution in [0.4, 0.5) is 4.79 Å². The van der Waals surface area contributed by atoms with Crippen LogP contribution in [0.3, 0.4) is 0 Å². The number of aliphatic carboxylic acids is 1. The van der Waals surface area contributed by atoms with Crippen molar-refractivity contribution in [2.75, 3.05) is 39.3 Å². The summed E-state index contributed by atoms with van der Waals surface area (Å²) >= 11 is 0. The molecule has 1 unspecified atom stereocenters. The number of carbonyl (C=O) groups excluding carboxylic acids is 3. The van der Waals surface area contributed by atoms with Gasteiger partial charge in [-0.3, -0.25) is 14.6 Å². The van der Waals surface area contributed by atoms with Gasteiger partial charge in [0.1, 0.15) is 11.6 Å². The number of rotatable bonds is 17. The van der Waals surface area contributed by atoms with Gasteiger partial charge in [0.25, 0.3) is 0 Å². The third kappa shape index (κ3) is 13.3. The molecule has 3 N–H and O–H groups in total. The van der Waals surface area contributed by atoms with Crippen LogP contribution in [-0.2, 0) is 9.53 Å². The molecule has 0 radical (unpaired) electrons. The zero-order valence-corrected chi connectivity index (χ0v) is 23.5. The van der Waals surface area contributed by atoms with E-state index in [1.165, 1.54) is 6.21 Å². The summed E-state index contributed by atoms with van der Waals surface area (Å²) in [6.45, 7) is 7.88. The van der Waals surface area contributed by atoms with E-state index in [-0.39, 0.29) is 24.5 Å². The molecule has 0 aliphatic heterocycles. The number of ketones is 2. The number of carboxylic acid groups (broad SMARTS) is 1. The maximum absolute atomic E-state index is 12.3. The molecule has 216 valence electrons. The number of amides is 1. The Balaban J connectivity index is 1.88. The van der Waals surface area contributed by atoms with Crippen LogP contribution in [0.5, 0.6) is 0 Å². The van der Waals surface area contributed by atoms with Crippen molar-refractivity contribution in [1.82, 2.24) is 15.5 Å². The lowest BCUT2D eigenvalue weighted by Gasteiger charge is -2.24. The van der Waals surface area contributed by atoms with Crippen LogP contribution in [0.25, 0.3) is 0 Å².